The number of rotatable bonds is 2. The first-order valence-corrected chi connectivity index (χ1v) is 2.96. The van der Waals surface area contributed by atoms with E-state index in [1.165, 1.54) is 6.20 Å². The van der Waals surface area contributed by atoms with Crippen molar-refractivity contribution in [1.29, 1.82) is 0 Å². The minimum absolute atomic E-state index is 0.486. The van der Waals surface area contributed by atoms with Gasteiger partial charge in [-0.25, -0.2) is 4.99 Å². The van der Waals surface area contributed by atoms with Crippen LogP contribution in [0.4, 0.5) is 0 Å². The van der Waals surface area contributed by atoms with Crippen molar-refractivity contribution in [2.75, 3.05) is 0 Å². The van der Waals surface area contributed by atoms with Crippen LogP contribution in [0.1, 0.15) is 13.8 Å². The molecular formula is C7H13N3. The number of nitrogens with two attached hydrogens (primary N) is 2. The van der Waals surface area contributed by atoms with Crippen LogP contribution in [0, 0.1) is 0 Å². The average Bonchev–Trinajstić information content (AvgIpc) is 1.81. The lowest BCUT2D eigenvalue weighted by Gasteiger charge is -1.97. The second kappa shape index (κ2) is 3.71. The molecule has 3 nitrogen and oxygen atoms in total. The summed E-state index contributed by atoms with van der Waals surface area (Å²) in [6.07, 6.45) is 1.39. The molecule has 0 aromatic carbocycles. The third-order valence-corrected chi connectivity index (χ3v) is 0.892. The summed E-state index contributed by atoms with van der Waals surface area (Å²) in [5, 5.41) is 0. The van der Waals surface area contributed by atoms with Crippen LogP contribution < -0.4 is 11.5 Å². The summed E-state index contributed by atoms with van der Waals surface area (Å²) in [7, 11) is 0. The lowest BCUT2D eigenvalue weighted by atomic mass is 10.3. The van der Waals surface area contributed by atoms with E-state index >= 15 is 0 Å². The van der Waals surface area contributed by atoms with Crippen LogP contribution in [0.3, 0.4) is 0 Å². The number of hydrogen-bond acceptors (Lipinski definition) is 2. The maximum atomic E-state index is 5.32. The van der Waals surface area contributed by atoms with E-state index in [-0.39, 0.29) is 0 Å². The fraction of sp³-hybridized carbons (Fsp3) is 0.286. The van der Waals surface area contributed by atoms with Gasteiger partial charge in [0.2, 0.25) is 0 Å². The molecule has 0 spiro atoms. The van der Waals surface area contributed by atoms with Gasteiger partial charge in [0, 0.05) is 6.20 Å². The fourth-order valence-corrected chi connectivity index (χ4v) is 0.465. The van der Waals surface area contributed by atoms with E-state index in [1.54, 1.807) is 6.92 Å². The van der Waals surface area contributed by atoms with Crippen molar-refractivity contribution in [2.24, 2.45) is 16.5 Å². The maximum absolute atomic E-state index is 5.32. The second-order valence-electron chi connectivity index (χ2n) is 2.09. The molecule has 0 heterocycles. The van der Waals surface area contributed by atoms with E-state index in [4.69, 9.17) is 11.5 Å². The van der Waals surface area contributed by atoms with Gasteiger partial charge in [0.05, 0.1) is 11.5 Å². The van der Waals surface area contributed by atoms with Crippen molar-refractivity contribution in [3.63, 3.8) is 0 Å². The summed E-state index contributed by atoms with van der Waals surface area (Å²) < 4.78 is 0. The van der Waals surface area contributed by atoms with Crippen molar-refractivity contribution < 1.29 is 0 Å². The van der Waals surface area contributed by atoms with Crippen molar-refractivity contribution in [3.8, 4) is 0 Å². The minimum atomic E-state index is 0.486. The lowest BCUT2D eigenvalue weighted by molar-refractivity contribution is 1.25. The van der Waals surface area contributed by atoms with Crippen LogP contribution >= 0.6 is 0 Å². The van der Waals surface area contributed by atoms with E-state index in [2.05, 4.69) is 11.6 Å². The molecule has 0 atom stereocenters. The topological polar surface area (TPSA) is 64.4 Å². The molecule has 0 saturated carbocycles. The molecule has 0 aliphatic heterocycles. The Morgan fingerprint density at radius 1 is 1.50 bits per heavy atom. The quantitative estimate of drug-likeness (QED) is 0.336. The number of allylic oxidation sites excluding steroid dienone is 1. The molecule has 3 heteroatoms. The van der Waals surface area contributed by atoms with Crippen LogP contribution in [-0.4, -0.2) is 5.84 Å². The Kier molecular flexibility index (Phi) is 3.25. The van der Waals surface area contributed by atoms with Crippen LogP contribution in [0.15, 0.2) is 29.0 Å². The summed E-state index contributed by atoms with van der Waals surface area (Å²) in [6.45, 7) is 7.19. The third-order valence-electron chi connectivity index (χ3n) is 0.892. The highest BCUT2D eigenvalue weighted by atomic mass is 14.9. The Bertz CT molecular complexity index is 185. The molecule has 0 unspecified atom stereocenters. The van der Waals surface area contributed by atoms with Gasteiger partial charge in [-0.2, -0.15) is 0 Å². The highest BCUT2D eigenvalue weighted by Crippen LogP contribution is 2.05. The van der Waals surface area contributed by atoms with Gasteiger partial charge in [-0.05, 0) is 19.4 Å². The summed E-state index contributed by atoms with van der Waals surface area (Å²) in [5.74, 6) is 0.486. The molecule has 0 rings (SSSR count). The zero-order valence-corrected chi connectivity index (χ0v) is 6.39. The number of amidine groups is 1. The highest BCUT2D eigenvalue weighted by Gasteiger charge is 1.92. The molecule has 10 heavy (non-hydrogen) atoms. The van der Waals surface area contributed by atoms with Gasteiger partial charge in [0.1, 0.15) is 0 Å². The Hall–Kier alpha value is -1.25. The van der Waals surface area contributed by atoms with Gasteiger partial charge >= 0.3 is 0 Å². The summed E-state index contributed by atoms with van der Waals surface area (Å²) in [4.78, 5) is 3.93. The summed E-state index contributed by atoms with van der Waals surface area (Å²) in [6, 6.07) is 0. The molecule has 0 aromatic heterocycles. The van der Waals surface area contributed by atoms with Gasteiger partial charge in [0.15, 0.2) is 0 Å². The molecule has 0 saturated heterocycles. The zero-order valence-electron chi connectivity index (χ0n) is 6.39. The first kappa shape index (κ1) is 8.75. The molecule has 0 aliphatic rings. The Morgan fingerprint density at radius 2 is 2.00 bits per heavy atom. The monoisotopic (exact) mass is 139 g/mol. The van der Waals surface area contributed by atoms with E-state index in [0.29, 0.717) is 11.5 Å². The molecule has 0 aliphatic carbocycles. The molecule has 0 radical (unpaired) electrons. The highest BCUT2D eigenvalue weighted by molar-refractivity contribution is 5.79. The van der Waals surface area contributed by atoms with Crippen molar-refractivity contribution in [3.05, 3.63) is 24.0 Å². The zero-order chi connectivity index (χ0) is 8.15. The van der Waals surface area contributed by atoms with Crippen molar-refractivity contribution in [1.82, 2.24) is 0 Å². The van der Waals surface area contributed by atoms with Crippen LogP contribution in [0.25, 0.3) is 0 Å². The van der Waals surface area contributed by atoms with Gasteiger partial charge < -0.3 is 11.5 Å². The van der Waals surface area contributed by atoms with Gasteiger partial charge in [-0.15, -0.1) is 0 Å². The van der Waals surface area contributed by atoms with E-state index in [1.807, 2.05) is 6.92 Å². The van der Waals surface area contributed by atoms with Gasteiger partial charge in [-0.1, -0.05) is 6.58 Å². The number of hydrogen-bond donors (Lipinski definition) is 2. The minimum Gasteiger partial charge on any atom is -0.403 e. The van der Waals surface area contributed by atoms with Crippen LogP contribution in [-0.2, 0) is 0 Å². The average molecular weight is 139 g/mol. The standard InChI is InChI=1S/C7H13N3/c1-5(2)7(4-8)10-6(3)9/h4H,1,8H2,2-3H3,(H2,9,10)/b7-4+. The molecular weight excluding hydrogens is 126 g/mol. The van der Waals surface area contributed by atoms with Crippen molar-refractivity contribution >= 4 is 5.84 Å². The van der Waals surface area contributed by atoms with E-state index in [0.717, 1.165) is 5.57 Å². The lowest BCUT2D eigenvalue weighted by Crippen LogP contribution is -2.06. The van der Waals surface area contributed by atoms with E-state index in [9.17, 15) is 0 Å². The molecule has 56 valence electrons. The summed E-state index contributed by atoms with van der Waals surface area (Å²) >= 11 is 0. The SMILES string of the molecule is C=C(C)/C(=C\N)N=C(C)N. The fourth-order valence-electron chi connectivity index (χ4n) is 0.465. The predicted octanol–water partition coefficient (Wildman–Crippen LogP) is 0.740. The first-order valence-electron chi connectivity index (χ1n) is 2.96. The number of aliphatic imine (C=N–C) groups is 1. The Labute approximate surface area is 61.1 Å². The Morgan fingerprint density at radius 3 is 2.10 bits per heavy atom. The first-order chi connectivity index (χ1) is 4.57. The third kappa shape index (κ3) is 2.91. The molecule has 0 fully saturated rings. The second-order valence-corrected chi connectivity index (χ2v) is 2.09. The molecule has 0 aromatic rings. The largest absolute Gasteiger partial charge is 0.403 e. The van der Waals surface area contributed by atoms with Crippen LogP contribution in [0.2, 0.25) is 0 Å². The molecule has 4 N–H and O–H groups in total. The smallest absolute Gasteiger partial charge is 0.0965 e. The normalized spacial score (nSPS) is 13.4. The molecule has 0 amide bonds. The van der Waals surface area contributed by atoms with Gasteiger partial charge in [-0.3, -0.25) is 0 Å². The number of nitrogens with zero attached hydrogens (tertiary/aromatic N) is 1. The van der Waals surface area contributed by atoms with Crippen molar-refractivity contribution in [2.45, 2.75) is 13.8 Å². The maximum Gasteiger partial charge on any atom is 0.0965 e. The summed E-state index contributed by atoms with van der Waals surface area (Å²) in [5.41, 5.74) is 12.0. The predicted molar refractivity (Wildman–Crippen MR) is 44.4 cm³/mol. The van der Waals surface area contributed by atoms with E-state index < -0.39 is 0 Å². The Balaban J connectivity index is 4.42. The van der Waals surface area contributed by atoms with Crippen LogP contribution in [0.5, 0.6) is 0 Å². The van der Waals surface area contributed by atoms with Gasteiger partial charge in [0.25, 0.3) is 0 Å². The molecule has 0 bridgehead atoms.